The van der Waals surface area contributed by atoms with Crippen LogP contribution in [0.3, 0.4) is 0 Å². The molecule has 2 rings (SSSR count). The van der Waals surface area contributed by atoms with E-state index in [1.165, 1.54) is 64.2 Å². The number of unbranched alkanes of at least 4 members (excludes halogenated alkanes) is 14. The zero-order chi connectivity index (χ0) is 30.4. The molecule has 0 aliphatic carbocycles. The van der Waals surface area contributed by atoms with Crippen molar-refractivity contribution < 1.29 is 78.9 Å². The first-order valence-electron chi connectivity index (χ1n) is 16.5. The van der Waals surface area contributed by atoms with Crippen molar-refractivity contribution in [3.8, 4) is 0 Å². The van der Waals surface area contributed by atoms with Crippen molar-refractivity contribution in [2.75, 3.05) is 0 Å². The van der Waals surface area contributed by atoms with Crippen molar-refractivity contribution in [2.24, 2.45) is 10.2 Å². The minimum absolute atomic E-state index is 0. The van der Waals surface area contributed by atoms with E-state index in [9.17, 15) is 19.8 Å². The first-order chi connectivity index (χ1) is 20.5. The maximum absolute atomic E-state index is 11.8. The molecule has 0 N–H and O–H groups in total. The Labute approximate surface area is 310 Å². The van der Waals surface area contributed by atoms with Crippen LogP contribution in [0, 0.1) is 0 Å². The second-order valence-corrected chi connectivity index (χ2v) is 11.7. The van der Waals surface area contributed by atoms with Gasteiger partial charge >= 0.3 is 59.1 Å². The van der Waals surface area contributed by atoms with Crippen LogP contribution >= 0.6 is 0 Å². The van der Waals surface area contributed by atoms with Crippen LogP contribution in [0.5, 0.6) is 0 Å². The fraction of sp³-hybridized carbons (Fsp3) is 0.611. The van der Waals surface area contributed by atoms with Gasteiger partial charge < -0.3 is 19.8 Å². The summed E-state index contributed by atoms with van der Waals surface area (Å²) < 4.78 is 0. The molecule has 0 amide bonds. The van der Waals surface area contributed by atoms with Gasteiger partial charge in [-0.15, -0.1) is 0 Å². The molecule has 0 saturated carbocycles. The summed E-state index contributed by atoms with van der Waals surface area (Å²) in [4.78, 5) is 23.6. The van der Waals surface area contributed by atoms with Crippen molar-refractivity contribution >= 4 is 23.3 Å². The molecule has 0 radical (unpaired) electrons. The molecule has 0 aliphatic rings. The van der Waals surface area contributed by atoms with Gasteiger partial charge in [-0.1, -0.05) is 141 Å². The molecule has 0 fully saturated rings. The molecule has 0 aliphatic heterocycles. The Morgan fingerprint density at radius 1 is 0.500 bits per heavy atom. The van der Waals surface area contributed by atoms with Gasteiger partial charge in [0, 0.05) is 23.8 Å². The third-order valence-electron chi connectivity index (χ3n) is 8.13. The Bertz CT molecular complexity index is 962. The van der Waals surface area contributed by atoms with Crippen molar-refractivity contribution in [3.63, 3.8) is 0 Å². The molecule has 6 nitrogen and oxygen atoms in total. The number of carboxylic acid groups (broad SMARTS) is 2. The zero-order valence-corrected chi connectivity index (χ0v) is 32.0. The number of hydrogen-bond donors (Lipinski definition) is 0. The molecule has 0 heterocycles. The molecule has 8 heteroatoms. The Morgan fingerprint density at radius 2 is 0.773 bits per heavy atom. The van der Waals surface area contributed by atoms with Crippen LogP contribution < -0.4 is 69.3 Å². The quantitative estimate of drug-likeness (QED) is 0.102. The number of azo groups is 1. The van der Waals surface area contributed by atoms with Crippen molar-refractivity contribution in [2.45, 2.75) is 141 Å². The Kier molecular flexibility index (Phi) is 26.5. The van der Waals surface area contributed by atoms with Gasteiger partial charge in [0.25, 0.3) is 0 Å². The molecular formula is C36H52N2Na2O4. The van der Waals surface area contributed by atoms with Gasteiger partial charge in [-0.2, -0.15) is 10.2 Å². The van der Waals surface area contributed by atoms with Crippen molar-refractivity contribution in [1.29, 1.82) is 0 Å². The van der Waals surface area contributed by atoms with Crippen LogP contribution in [0.15, 0.2) is 58.8 Å². The van der Waals surface area contributed by atoms with Crippen LogP contribution in [-0.4, -0.2) is 11.9 Å². The molecule has 2 aromatic rings. The molecule has 0 saturated heterocycles. The molecule has 2 atom stereocenters. The average Bonchev–Trinajstić information content (AvgIpc) is 2.99. The maximum Gasteiger partial charge on any atom is 1.00 e. The second kappa shape index (κ2) is 27.1. The molecule has 232 valence electrons. The van der Waals surface area contributed by atoms with E-state index in [0.717, 1.165) is 49.7 Å². The maximum atomic E-state index is 11.8. The van der Waals surface area contributed by atoms with Crippen LogP contribution in [0.1, 0.15) is 152 Å². The zero-order valence-electron chi connectivity index (χ0n) is 28.0. The largest absolute Gasteiger partial charge is 1.00 e. The summed E-state index contributed by atoms with van der Waals surface area (Å²) in [6.45, 7) is 4.43. The van der Waals surface area contributed by atoms with E-state index in [1.54, 1.807) is 48.5 Å². The Balaban J connectivity index is 0.00000924. The smallest absolute Gasteiger partial charge is 0.549 e. The molecule has 0 bridgehead atoms. The van der Waals surface area contributed by atoms with Crippen LogP contribution in [0.25, 0.3) is 0 Å². The van der Waals surface area contributed by atoms with E-state index in [2.05, 4.69) is 24.1 Å². The van der Waals surface area contributed by atoms with Gasteiger partial charge in [0.2, 0.25) is 0 Å². The fourth-order valence-corrected chi connectivity index (χ4v) is 5.47. The predicted octanol–water partition coefficient (Wildman–Crippen LogP) is 2.84. The summed E-state index contributed by atoms with van der Waals surface area (Å²) in [5.41, 5.74) is 2.70. The molecule has 0 spiro atoms. The summed E-state index contributed by atoms with van der Waals surface area (Å²) in [5.74, 6) is -3.31. The first-order valence-corrected chi connectivity index (χ1v) is 16.5. The Hall–Kier alpha value is -1.02. The van der Waals surface area contributed by atoms with Gasteiger partial charge in [-0.25, -0.2) is 0 Å². The fourth-order valence-electron chi connectivity index (χ4n) is 5.47. The SMILES string of the molecule is CCCCCCCCCCC(C(=O)[O-])c1ccc(N=Nc2ccc(C(CCCCCCCCCC)C(=O)[O-])cc2)cc1.[Na+].[Na+]. The number of rotatable bonds is 24. The topological polar surface area (TPSA) is 105 Å². The van der Waals surface area contributed by atoms with Crippen molar-refractivity contribution in [1.82, 2.24) is 0 Å². The van der Waals surface area contributed by atoms with E-state index in [1.807, 2.05) is 0 Å². The number of aliphatic carboxylic acids is 2. The number of carbonyl (C=O) groups is 2. The number of carboxylic acids is 2. The molecular weight excluding hydrogens is 570 g/mol. The van der Waals surface area contributed by atoms with E-state index in [4.69, 9.17) is 0 Å². The van der Waals surface area contributed by atoms with Crippen LogP contribution in [-0.2, 0) is 9.59 Å². The minimum atomic E-state index is -1.04. The standard InChI is InChI=1S/C36H54N2O4.2Na/c1-3-5-7-9-11-13-15-17-19-33(35(39)40)29-21-25-31(26-22-29)37-38-32-27-23-30(24-28-32)34(36(41)42)20-18-16-14-12-10-8-6-4-2;;/h21-28,33-34H,3-20H2,1-2H3,(H,39,40)(H,41,42);;/q;2*+1/p-2. The van der Waals surface area contributed by atoms with E-state index in [-0.39, 0.29) is 59.1 Å². The van der Waals surface area contributed by atoms with Gasteiger partial charge in [0.05, 0.1) is 11.4 Å². The molecule has 2 aromatic carbocycles. The average molecular weight is 623 g/mol. The van der Waals surface area contributed by atoms with Gasteiger partial charge in [0.15, 0.2) is 0 Å². The van der Waals surface area contributed by atoms with E-state index < -0.39 is 23.8 Å². The van der Waals surface area contributed by atoms with Crippen LogP contribution in [0.4, 0.5) is 11.4 Å². The summed E-state index contributed by atoms with van der Waals surface area (Å²) in [7, 11) is 0. The number of benzene rings is 2. The summed E-state index contributed by atoms with van der Waals surface area (Å²) in [6.07, 6.45) is 19.9. The summed E-state index contributed by atoms with van der Waals surface area (Å²) in [5, 5.41) is 32.1. The number of hydrogen-bond acceptors (Lipinski definition) is 6. The monoisotopic (exact) mass is 622 g/mol. The molecule has 2 unspecified atom stereocenters. The van der Waals surface area contributed by atoms with Crippen LogP contribution in [0.2, 0.25) is 0 Å². The number of carbonyl (C=O) groups excluding carboxylic acids is 2. The molecule has 0 aromatic heterocycles. The molecule has 44 heavy (non-hydrogen) atoms. The van der Waals surface area contributed by atoms with Gasteiger partial charge in [-0.3, -0.25) is 0 Å². The van der Waals surface area contributed by atoms with E-state index >= 15 is 0 Å². The third-order valence-corrected chi connectivity index (χ3v) is 8.13. The predicted molar refractivity (Wildman–Crippen MR) is 167 cm³/mol. The number of nitrogens with zero attached hydrogens (tertiary/aromatic N) is 2. The Morgan fingerprint density at radius 3 is 1.05 bits per heavy atom. The minimum Gasteiger partial charge on any atom is -0.549 e. The first kappa shape index (κ1) is 43.0. The van der Waals surface area contributed by atoms with Crippen molar-refractivity contribution in [3.05, 3.63) is 59.7 Å². The second-order valence-electron chi connectivity index (χ2n) is 11.7. The third kappa shape index (κ3) is 18.2. The van der Waals surface area contributed by atoms with E-state index in [0.29, 0.717) is 24.2 Å². The summed E-state index contributed by atoms with van der Waals surface area (Å²) in [6, 6.07) is 14.2. The van der Waals surface area contributed by atoms with Gasteiger partial charge in [-0.05, 0) is 48.2 Å². The normalized spacial score (nSPS) is 12.3. The summed E-state index contributed by atoms with van der Waals surface area (Å²) >= 11 is 0. The van der Waals surface area contributed by atoms with Gasteiger partial charge in [0.1, 0.15) is 0 Å².